The Morgan fingerprint density at radius 2 is 1.93 bits per heavy atom. The number of ether oxygens (including phenoxy) is 1. The molecule has 0 radical (unpaired) electrons. The van der Waals surface area contributed by atoms with Gasteiger partial charge in [0.25, 0.3) is 0 Å². The van der Waals surface area contributed by atoms with Crippen molar-refractivity contribution in [3.63, 3.8) is 0 Å². The number of aromatic nitrogens is 3. The quantitative estimate of drug-likeness (QED) is 0.450. The molecule has 0 aliphatic heterocycles. The fourth-order valence-corrected chi connectivity index (χ4v) is 3.13. The van der Waals surface area contributed by atoms with Crippen molar-refractivity contribution in [2.24, 2.45) is 0 Å². The van der Waals surface area contributed by atoms with Crippen LogP contribution in [0.15, 0.2) is 47.6 Å². The van der Waals surface area contributed by atoms with Crippen LogP contribution >= 0.6 is 23.4 Å². The van der Waals surface area contributed by atoms with Gasteiger partial charge in [-0.25, -0.2) is 4.68 Å². The number of halogens is 1. The predicted octanol–water partition coefficient (Wildman–Crippen LogP) is 3.57. The summed E-state index contributed by atoms with van der Waals surface area (Å²) in [4.78, 5) is 12.2. The van der Waals surface area contributed by atoms with Gasteiger partial charge in [0.2, 0.25) is 11.1 Å². The number of carbonyl (C=O) groups excluding carboxylic acids is 1. The minimum atomic E-state index is -0.143. The fourth-order valence-electron chi connectivity index (χ4n) is 2.33. The molecule has 0 aliphatic carbocycles. The molecule has 9 heteroatoms. The zero-order valence-corrected chi connectivity index (χ0v) is 17.0. The zero-order valence-electron chi connectivity index (χ0n) is 15.5. The van der Waals surface area contributed by atoms with E-state index in [-0.39, 0.29) is 18.3 Å². The van der Waals surface area contributed by atoms with Gasteiger partial charge in [0.15, 0.2) is 5.82 Å². The topological polar surface area (TPSA) is 95.1 Å². The molecule has 0 saturated heterocycles. The van der Waals surface area contributed by atoms with E-state index in [9.17, 15) is 4.79 Å². The molecule has 0 bridgehead atoms. The van der Waals surface area contributed by atoms with Crippen LogP contribution in [-0.2, 0) is 11.4 Å². The molecule has 28 heavy (non-hydrogen) atoms. The van der Waals surface area contributed by atoms with E-state index in [4.69, 9.17) is 22.2 Å². The number of anilines is 1. The lowest BCUT2D eigenvalue weighted by atomic mass is 10.1. The molecular formula is C19H20ClN5O2S. The van der Waals surface area contributed by atoms with Crippen molar-refractivity contribution in [1.29, 1.82) is 0 Å². The summed E-state index contributed by atoms with van der Waals surface area (Å²) in [5.74, 6) is 7.13. The smallest absolute Gasteiger partial charge is 0.234 e. The molecule has 1 amide bonds. The first kappa shape index (κ1) is 20.0. The van der Waals surface area contributed by atoms with Gasteiger partial charge >= 0.3 is 0 Å². The summed E-state index contributed by atoms with van der Waals surface area (Å²) in [6, 6.07) is 12.8. The van der Waals surface area contributed by atoms with Crippen molar-refractivity contribution in [3.8, 4) is 5.75 Å². The van der Waals surface area contributed by atoms with Crippen LogP contribution < -0.4 is 15.9 Å². The van der Waals surface area contributed by atoms with Crippen LogP contribution in [0, 0.1) is 13.8 Å². The molecule has 0 aliphatic rings. The van der Waals surface area contributed by atoms with Gasteiger partial charge in [-0.15, -0.1) is 10.2 Å². The van der Waals surface area contributed by atoms with Gasteiger partial charge < -0.3 is 15.9 Å². The molecule has 1 heterocycles. The molecule has 3 N–H and O–H groups in total. The number of hydrogen-bond acceptors (Lipinski definition) is 6. The normalized spacial score (nSPS) is 10.7. The first-order chi connectivity index (χ1) is 13.4. The highest BCUT2D eigenvalue weighted by atomic mass is 35.5. The maximum atomic E-state index is 12.2. The predicted molar refractivity (Wildman–Crippen MR) is 111 cm³/mol. The van der Waals surface area contributed by atoms with E-state index in [1.807, 2.05) is 32.0 Å². The molecule has 7 nitrogen and oxygen atoms in total. The Hall–Kier alpha value is -2.71. The van der Waals surface area contributed by atoms with Gasteiger partial charge in [-0.2, -0.15) is 0 Å². The summed E-state index contributed by atoms with van der Waals surface area (Å²) in [6.45, 7) is 4.18. The van der Waals surface area contributed by atoms with Crippen molar-refractivity contribution in [2.75, 3.05) is 16.9 Å². The molecule has 3 aromatic rings. The maximum Gasteiger partial charge on any atom is 0.234 e. The Labute approximate surface area is 172 Å². The Balaban J connectivity index is 1.52. The SMILES string of the molecule is Cc1ccc(NC(=O)CSc2nnc(COc3ccc(Cl)cc3)n2N)cc1C. The zero-order chi connectivity index (χ0) is 20.1. The minimum absolute atomic E-state index is 0.143. The number of thioether (sulfide) groups is 1. The Kier molecular flexibility index (Phi) is 6.43. The van der Waals surface area contributed by atoms with Crippen molar-refractivity contribution in [3.05, 3.63) is 64.4 Å². The van der Waals surface area contributed by atoms with Crippen LogP contribution in [0.5, 0.6) is 5.75 Å². The van der Waals surface area contributed by atoms with Crippen LogP contribution in [-0.4, -0.2) is 26.5 Å². The number of carbonyl (C=O) groups is 1. The first-order valence-electron chi connectivity index (χ1n) is 8.50. The van der Waals surface area contributed by atoms with Crippen molar-refractivity contribution < 1.29 is 9.53 Å². The summed E-state index contributed by atoms with van der Waals surface area (Å²) in [5.41, 5.74) is 3.06. The van der Waals surface area contributed by atoms with Gasteiger partial charge in [-0.3, -0.25) is 4.79 Å². The number of rotatable bonds is 7. The van der Waals surface area contributed by atoms with E-state index in [1.165, 1.54) is 22.0 Å². The van der Waals surface area contributed by atoms with Crippen molar-refractivity contribution in [2.45, 2.75) is 25.6 Å². The lowest BCUT2D eigenvalue weighted by Crippen LogP contribution is -2.18. The van der Waals surface area contributed by atoms with Crippen LogP contribution in [0.1, 0.15) is 17.0 Å². The van der Waals surface area contributed by atoms with Gasteiger partial charge in [0.1, 0.15) is 12.4 Å². The largest absolute Gasteiger partial charge is 0.486 e. The van der Waals surface area contributed by atoms with E-state index >= 15 is 0 Å². The number of nitrogens with one attached hydrogen (secondary N) is 1. The third-order valence-electron chi connectivity index (χ3n) is 4.04. The van der Waals surface area contributed by atoms with Gasteiger partial charge in [0.05, 0.1) is 5.75 Å². The van der Waals surface area contributed by atoms with E-state index in [0.29, 0.717) is 21.8 Å². The second-order valence-electron chi connectivity index (χ2n) is 6.15. The third-order valence-corrected chi connectivity index (χ3v) is 5.23. The summed E-state index contributed by atoms with van der Waals surface area (Å²) >= 11 is 7.05. The summed E-state index contributed by atoms with van der Waals surface area (Å²) in [6.07, 6.45) is 0. The van der Waals surface area contributed by atoms with Crippen molar-refractivity contribution >= 4 is 35.0 Å². The van der Waals surface area contributed by atoms with Crippen LogP contribution in [0.25, 0.3) is 0 Å². The Morgan fingerprint density at radius 3 is 2.64 bits per heavy atom. The second-order valence-corrected chi connectivity index (χ2v) is 7.53. The number of nitrogens with zero attached hydrogens (tertiary/aromatic N) is 3. The van der Waals surface area contributed by atoms with Crippen molar-refractivity contribution in [1.82, 2.24) is 14.9 Å². The molecule has 2 aromatic carbocycles. The van der Waals surface area contributed by atoms with Crippen LogP contribution in [0.2, 0.25) is 5.02 Å². The van der Waals surface area contributed by atoms with Crippen LogP contribution in [0.3, 0.4) is 0 Å². The lowest BCUT2D eigenvalue weighted by Gasteiger charge is -2.08. The number of benzene rings is 2. The van der Waals surface area contributed by atoms with E-state index < -0.39 is 0 Å². The van der Waals surface area contributed by atoms with E-state index in [0.717, 1.165) is 11.3 Å². The van der Waals surface area contributed by atoms with Gasteiger partial charge in [0, 0.05) is 10.7 Å². The molecule has 1 aromatic heterocycles. The molecule has 0 saturated carbocycles. The number of amides is 1. The molecule has 0 fully saturated rings. The number of nitrogen functional groups attached to an aromatic ring is 1. The highest BCUT2D eigenvalue weighted by molar-refractivity contribution is 7.99. The number of nitrogens with two attached hydrogens (primary N) is 1. The molecular weight excluding hydrogens is 398 g/mol. The summed E-state index contributed by atoms with van der Waals surface area (Å²) in [5, 5.41) is 12.0. The number of aryl methyl sites for hydroxylation is 2. The molecule has 0 spiro atoms. The lowest BCUT2D eigenvalue weighted by molar-refractivity contribution is -0.113. The average Bonchev–Trinajstić information content (AvgIpc) is 3.02. The molecule has 0 atom stereocenters. The minimum Gasteiger partial charge on any atom is -0.486 e. The van der Waals surface area contributed by atoms with Crippen LogP contribution in [0.4, 0.5) is 5.69 Å². The monoisotopic (exact) mass is 417 g/mol. The number of hydrogen-bond donors (Lipinski definition) is 2. The second kappa shape index (κ2) is 8.99. The summed E-state index contributed by atoms with van der Waals surface area (Å²) in [7, 11) is 0. The Morgan fingerprint density at radius 1 is 1.18 bits per heavy atom. The fraction of sp³-hybridized carbons (Fsp3) is 0.211. The molecule has 0 unspecified atom stereocenters. The maximum absolute atomic E-state index is 12.2. The molecule has 146 valence electrons. The first-order valence-corrected chi connectivity index (χ1v) is 9.86. The van der Waals surface area contributed by atoms with Gasteiger partial charge in [-0.1, -0.05) is 29.4 Å². The summed E-state index contributed by atoms with van der Waals surface area (Å²) < 4.78 is 6.94. The highest BCUT2D eigenvalue weighted by Gasteiger charge is 2.13. The van der Waals surface area contributed by atoms with E-state index in [2.05, 4.69) is 15.5 Å². The van der Waals surface area contributed by atoms with E-state index in [1.54, 1.807) is 24.3 Å². The highest BCUT2D eigenvalue weighted by Crippen LogP contribution is 2.19. The standard InChI is InChI=1S/C19H20ClN5O2S/c1-12-3-6-15(9-13(12)2)22-18(26)11-28-19-24-23-17(25(19)21)10-27-16-7-4-14(20)5-8-16/h3-9H,10-11,21H2,1-2H3,(H,22,26). The van der Waals surface area contributed by atoms with Gasteiger partial charge in [-0.05, 0) is 61.4 Å². The third kappa shape index (κ3) is 5.17. The average molecular weight is 418 g/mol. The Bertz CT molecular complexity index is 975. The molecule has 3 rings (SSSR count).